The zero-order valence-corrected chi connectivity index (χ0v) is 12.8. The van der Waals surface area contributed by atoms with E-state index in [4.69, 9.17) is 4.74 Å². The number of aromatic nitrogens is 3. The molecule has 0 N–H and O–H groups in total. The van der Waals surface area contributed by atoms with Crippen LogP contribution < -0.4 is 4.74 Å². The molecule has 4 heteroatoms. The Morgan fingerprint density at radius 2 is 1.80 bits per heavy atom. The summed E-state index contributed by atoms with van der Waals surface area (Å²) < 4.78 is 7.45. The molecule has 20 heavy (non-hydrogen) atoms. The van der Waals surface area contributed by atoms with Gasteiger partial charge in [-0.15, -0.1) is 5.10 Å². The number of benzene rings is 1. The minimum atomic E-state index is 0.707. The molecule has 1 heterocycles. The summed E-state index contributed by atoms with van der Waals surface area (Å²) in [5, 5.41) is 8.27. The van der Waals surface area contributed by atoms with Crippen LogP contribution >= 0.6 is 0 Å². The van der Waals surface area contributed by atoms with E-state index in [2.05, 4.69) is 43.2 Å². The largest absolute Gasteiger partial charge is 0.494 e. The Balaban J connectivity index is 2.09. The Kier molecular flexibility index (Phi) is 4.77. The third-order valence-corrected chi connectivity index (χ3v) is 3.52. The summed E-state index contributed by atoms with van der Waals surface area (Å²) in [6.07, 6.45) is 3.95. The predicted molar refractivity (Wildman–Crippen MR) is 80.2 cm³/mol. The van der Waals surface area contributed by atoms with Crippen molar-refractivity contribution in [2.75, 3.05) is 6.61 Å². The van der Waals surface area contributed by atoms with Crippen LogP contribution in [-0.2, 0) is 19.4 Å². The zero-order valence-electron chi connectivity index (χ0n) is 12.8. The van der Waals surface area contributed by atoms with Gasteiger partial charge in [0.05, 0.1) is 12.3 Å². The van der Waals surface area contributed by atoms with Crippen molar-refractivity contribution in [1.29, 1.82) is 0 Å². The van der Waals surface area contributed by atoms with E-state index in [1.165, 1.54) is 16.7 Å². The lowest BCUT2D eigenvalue weighted by molar-refractivity contribution is 0.339. The molecule has 0 fully saturated rings. The van der Waals surface area contributed by atoms with E-state index in [1.54, 1.807) is 0 Å². The van der Waals surface area contributed by atoms with E-state index in [9.17, 15) is 0 Å². The van der Waals surface area contributed by atoms with Crippen molar-refractivity contribution in [1.82, 2.24) is 15.0 Å². The first-order valence-corrected chi connectivity index (χ1v) is 7.26. The van der Waals surface area contributed by atoms with E-state index in [0.717, 1.165) is 30.8 Å². The quantitative estimate of drug-likeness (QED) is 0.812. The number of rotatable bonds is 6. The molecule has 0 aliphatic carbocycles. The van der Waals surface area contributed by atoms with Crippen molar-refractivity contribution < 1.29 is 4.74 Å². The molecule has 1 aromatic heterocycles. The van der Waals surface area contributed by atoms with Crippen LogP contribution in [0.1, 0.15) is 36.2 Å². The van der Waals surface area contributed by atoms with Gasteiger partial charge < -0.3 is 4.74 Å². The van der Waals surface area contributed by atoms with Crippen LogP contribution in [0.2, 0.25) is 0 Å². The van der Waals surface area contributed by atoms with Crippen LogP contribution in [0.3, 0.4) is 0 Å². The molecule has 0 saturated heterocycles. The molecule has 0 amide bonds. The molecule has 2 rings (SSSR count). The second-order valence-corrected chi connectivity index (χ2v) is 5.03. The molecule has 2 aromatic rings. The summed E-state index contributed by atoms with van der Waals surface area (Å²) in [7, 11) is 0. The smallest absolute Gasteiger partial charge is 0.119 e. The van der Waals surface area contributed by atoms with Crippen molar-refractivity contribution in [3.05, 3.63) is 40.7 Å². The number of nitrogens with zero attached hydrogens (tertiary/aromatic N) is 3. The SMILES string of the molecule is CCOc1cc(C)c(CCc2cn(CC)nn2)c(C)c1. The van der Waals surface area contributed by atoms with Crippen LogP contribution in [0.15, 0.2) is 18.3 Å². The van der Waals surface area contributed by atoms with E-state index >= 15 is 0 Å². The van der Waals surface area contributed by atoms with Gasteiger partial charge in [-0.25, -0.2) is 0 Å². The highest BCUT2D eigenvalue weighted by molar-refractivity contribution is 5.41. The van der Waals surface area contributed by atoms with Crippen molar-refractivity contribution in [2.24, 2.45) is 0 Å². The normalized spacial score (nSPS) is 10.8. The average Bonchev–Trinajstić information content (AvgIpc) is 2.86. The molecule has 0 saturated carbocycles. The Bertz CT molecular complexity index is 552. The number of hydrogen-bond acceptors (Lipinski definition) is 3. The fourth-order valence-corrected chi connectivity index (χ4v) is 2.46. The van der Waals surface area contributed by atoms with Gasteiger partial charge in [0, 0.05) is 12.7 Å². The summed E-state index contributed by atoms with van der Waals surface area (Å²) >= 11 is 0. The first-order chi connectivity index (χ1) is 9.63. The third-order valence-electron chi connectivity index (χ3n) is 3.52. The number of ether oxygens (including phenoxy) is 1. The molecule has 108 valence electrons. The highest BCUT2D eigenvalue weighted by Crippen LogP contribution is 2.23. The van der Waals surface area contributed by atoms with Crippen LogP contribution in [0.4, 0.5) is 0 Å². The average molecular weight is 273 g/mol. The Hall–Kier alpha value is -1.84. The molecule has 0 unspecified atom stereocenters. The van der Waals surface area contributed by atoms with Gasteiger partial charge in [0.1, 0.15) is 5.75 Å². The lowest BCUT2D eigenvalue weighted by Crippen LogP contribution is -2.00. The van der Waals surface area contributed by atoms with Gasteiger partial charge in [0.25, 0.3) is 0 Å². The topological polar surface area (TPSA) is 39.9 Å². The minimum absolute atomic E-state index is 0.707. The summed E-state index contributed by atoms with van der Waals surface area (Å²) in [6.45, 7) is 9.95. The van der Waals surface area contributed by atoms with Gasteiger partial charge in [-0.2, -0.15) is 0 Å². The van der Waals surface area contributed by atoms with Gasteiger partial charge in [-0.3, -0.25) is 4.68 Å². The standard InChI is InChI=1S/C16H23N3O/c1-5-19-11-14(17-18-19)7-8-16-12(3)9-15(20-6-2)10-13(16)4/h9-11H,5-8H2,1-4H3. The first kappa shape index (κ1) is 14.6. The second kappa shape index (κ2) is 6.55. The monoisotopic (exact) mass is 273 g/mol. The lowest BCUT2D eigenvalue weighted by atomic mass is 9.97. The van der Waals surface area contributed by atoms with Crippen molar-refractivity contribution in [3.63, 3.8) is 0 Å². The Morgan fingerprint density at radius 1 is 1.10 bits per heavy atom. The predicted octanol–water partition coefficient (Wildman–Crippen LogP) is 3.10. The van der Waals surface area contributed by atoms with Crippen molar-refractivity contribution >= 4 is 0 Å². The fraction of sp³-hybridized carbons (Fsp3) is 0.500. The third kappa shape index (κ3) is 3.38. The maximum absolute atomic E-state index is 5.58. The summed E-state index contributed by atoms with van der Waals surface area (Å²) in [6, 6.07) is 4.24. The van der Waals surface area contributed by atoms with Gasteiger partial charge in [-0.05, 0) is 69.4 Å². The summed E-state index contributed by atoms with van der Waals surface area (Å²) in [4.78, 5) is 0. The molecule has 0 aliphatic rings. The van der Waals surface area contributed by atoms with Gasteiger partial charge >= 0.3 is 0 Å². The highest BCUT2D eigenvalue weighted by atomic mass is 16.5. The van der Waals surface area contributed by atoms with Gasteiger partial charge in [-0.1, -0.05) is 5.21 Å². The molecular weight excluding hydrogens is 250 g/mol. The lowest BCUT2D eigenvalue weighted by Gasteiger charge is -2.12. The number of aryl methyl sites for hydroxylation is 4. The molecule has 4 nitrogen and oxygen atoms in total. The fourth-order valence-electron chi connectivity index (χ4n) is 2.46. The van der Waals surface area contributed by atoms with E-state index < -0.39 is 0 Å². The number of hydrogen-bond donors (Lipinski definition) is 0. The summed E-state index contributed by atoms with van der Waals surface area (Å²) in [5.41, 5.74) is 5.02. The minimum Gasteiger partial charge on any atom is -0.494 e. The molecule has 1 aromatic carbocycles. The van der Waals surface area contributed by atoms with Crippen LogP contribution in [0.25, 0.3) is 0 Å². The first-order valence-electron chi connectivity index (χ1n) is 7.26. The molecule has 0 atom stereocenters. The maximum atomic E-state index is 5.58. The maximum Gasteiger partial charge on any atom is 0.119 e. The van der Waals surface area contributed by atoms with E-state index in [1.807, 2.05) is 17.8 Å². The van der Waals surface area contributed by atoms with Gasteiger partial charge in [0.15, 0.2) is 0 Å². The van der Waals surface area contributed by atoms with Crippen LogP contribution in [-0.4, -0.2) is 21.6 Å². The molecule has 0 radical (unpaired) electrons. The summed E-state index contributed by atoms with van der Waals surface area (Å²) in [5.74, 6) is 0.961. The Morgan fingerprint density at radius 3 is 2.35 bits per heavy atom. The van der Waals surface area contributed by atoms with Crippen LogP contribution in [0, 0.1) is 13.8 Å². The molecular formula is C16H23N3O. The van der Waals surface area contributed by atoms with Gasteiger partial charge in [0.2, 0.25) is 0 Å². The highest BCUT2D eigenvalue weighted by Gasteiger charge is 2.08. The molecule has 0 aliphatic heterocycles. The molecule has 0 spiro atoms. The van der Waals surface area contributed by atoms with E-state index in [-0.39, 0.29) is 0 Å². The molecule has 0 bridgehead atoms. The van der Waals surface area contributed by atoms with Crippen molar-refractivity contribution in [3.8, 4) is 5.75 Å². The van der Waals surface area contributed by atoms with Crippen molar-refractivity contribution in [2.45, 2.75) is 47.1 Å². The van der Waals surface area contributed by atoms with Crippen LogP contribution in [0.5, 0.6) is 5.75 Å². The second-order valence-electron chi connectivity index (χ2n) is 5.03. The Labute approximate surface area is 120 Å². The zero-order chi connectivity index (χ0) is 14.5. The van der Waals surface area contributed by atoms with E-state index in [0.29, 0.717) is 6.61 Å².